The van der Waals surface area contributed by atoms with Crippen molar-refractivity contribution in [2.75, 3.05) is 25.6 Å². The normalized spacial score (nSPS) is 32.4. The Kier molecular flexibility index (Phi) is 24.7. The summed E-state index contributed by atoms with van der Waals surface area (Å²) in [6.07, 6.45) is 1.39. The van der Waals surface area contributed by atoms with Crippen molar-refractivity contribution in [2.24, 2.45) is 17.8 Å². The van der Waals surface area contributed by atoms with E-state index in [0.717, 1.165) is 62.1 Å². The van der Waals surface area contributed by atoms with E-state index in [-0.39, 0.29) is 18.7 Å². The zero-order valence-electron chi connectivity index (χ0n) is 37.5. The van der Waals surface area contributed by atoms with Gasteiger partial charge in [0.15, 0.2) is 6.10 Å². The zero-order valence-corrected chi connectivity index (χ0v) is 39.3. The maximum Gasteiger partial charge on any atom is 0.481 e. The minimum atomic E-state index is -5.68. The monoisotopic (exact) mass is 967 g/mol. The third-order valence-electron chi connectivity index (χ3n) is 11.0. The van der Waals surface area contributed by atoms with E-state index >= 15 is 0 Å². The van der Waals surface area contributed by atoms with Crippen molar-refractivity contribution in [3.05, 3.63) is 47.1 Å². The van der Waals surface area contributed by atoms with Gasteiger partial charge in [0.25, 0.3) is 0 Å². The Labute approximate surface area is 380 Å². The molecular formula is C42H71N3O18P2. The zero-order chi connectivity index (χ0) is 48.2. The van der Waals surface area contributed by atoms with Gasteiger partial charge in [-0.25, -0.2) is 13.9 Å². The van der Waals surface area contributed by atoms with Crippen LogP contribution in [0.15, 0.2) is 41.4 Å². The number of fused-ring (bicyclic) bond motifs is 3. The van der Waals surface area contributed by atoms with E-state index < -0.39 is 127 Å². The SMILES string of the molecule is CCCCC[C@@H](O)C=C[C@@H]1[C@H](O)[C@H](O)[C@H]2COP(=O)(O)OP(=O)(O)OC[C@@H](COC(=O)CCCCCCCCC(C)C)OC(=O)C/C=C\C[C@@H]([C@H](n3ccc(N)nc3=O)O2)[C@@H](O)C[C@H]1O. The van der Waals surface area contributed by atoms with Gasteiger partial charge in [-0.2, -0.15) is 9.29 Å². The van der Waals surface area contributed by atoms with Gasteiger partial charge in [0.1, 0.15) is 30.9 Å². The van der Waals surface area contributed by atoms with Gasteiger partial charge in [-0.1, -0.05) is 103 Å². The molecule has 2 unspecified atom stereocenters. The Hall–Kier alpha value is -2.88. The summed E-state index contributed by atoms with van der Waals surface area (Å²) in [6, 6.07) is 1.22. The highest BCUT2D eigenvalue weighted by molar-refractivity contribution is 7.61. The van der Waals surface area contributed by atoms with Crippen LogP contribution in [0.1, 0.15) is 123 Å². The summed E-state index contributed by atoms with van der Waals surface area (Å²) in [5.74, 6) is -3.78. The summed E-state index contributed by atoms with van der Waals surface area (Å²) < 4.78 is 58.3. The minimum Gasteiger partial charge on any atom is -0.462 e. The lowest BCUT2D eigenvalue weighted by Crippen LogP contribution is -2.52. The molecule has 3 rings (SSSR count). The number of carbonyl (C=O) groups is 2. The molecule has 2 aliphatic heterocycles. The molecule has 1 aromatic heterocycles. The molecule has 0 radical (unpaired) electrons. The van der Waals surface area contributed by atoms with E-state index in [9.17, 15) is 58.8 Å². The molecule has 0 spiro atoms. The minimum absolute atomic E-state index is 0.0581. The number of aromatic nitrogens is 2. The second-order valence-electron chi connectivity index (χ2n) is 17.0. The molecule has 1 fully saturated rings. The molecule has 372 valence electrons. The highest BCUT2D eigenvalue weighted by Crippen LogP contribution is 2.60. The van der Waals surface area contributed by atoms with E-state index in [2.05, 4.69) is 23.1 Å². The molecule has 23 heteroatoms. The lowest BCUT2D eigenvalue weighted by atomic mass is 9.82. The predicted molar refractivity (Wildman–Crippen MR) is 235 cm³/mol. The van der Waals surface area contributed by atoms with Gasteiger partial charge in [-0.3, -0.25) is 23.2 Å². The Morgan fingerprint density at radius 2 is 1.60 bits per heavy atom. The molecule has 0 saturated carbocycles. The van der Waals surface area contributed by atoms with Gasteiger partial charge in [0.2, 0.25) is 0 Å². The maximum absolute atomic E-state index is 13.3. The first-order valence-electron chi connectivity index (χ1n) is 22.5. The Balaban J connectivity index is 1.94. The van der Waals surface area contributed by atoms with Crippen molar-refractivity contribution in [3.8, 4) is 0 Å². The maximum atomic E-state index is 13.3. The van der Waals surface area contributed by atoms with Crippen molar-refractivity contribution >= 4 is 33.4 Å². The molecule has 12 atom stereocenters. The largest absolute Gasteiger partial charge is 0.481 e. The number of hydrogen-bond acceptors (Lipinski definition) is 18. The first-order valence-corrected chi connectivity index (χ1v) is 25.5. The van der Waals surface area contributed by atoms with E-state index in [1.807, 2.05) is 6.92 Å². The fraction of sp³-hybridized carbons (Fsp3) is 0.762. The number of nitrogens with zero attached hydrogens (tertiary/aromatic N) is 2. The van der Waals surface area contributed by atoms with Gasteiger partial charge in [-0.05, 0) is 31.2 Å². The summed E-state index contributed by atoms with van der Waals surface area (Å²) in [5, 5.41) is 57.1. The lowest BCUT2D eigenvalue weighted by Gasteiger charge is -2.40. The van der Waals surface area contributed by atoms with Gasteiger partial charge < -0.3 is 55.3 Å². The molecule has 65 heavy (non-hydrogen) atoms. The van der Waals surface area contributed by atoms with Crippen LogP contribution in [-0.2, 0) is 46.3 Å². The summed E-state index contributed by atoms with van der Waals surface area (Å²) in [7, 11) is -11.2. The van der Waals surface area contributed by atoms with Crippen LogP contribution >= 0.6 is 15.6 Å². The van der Waals surface area contributed by atoms with Crippen molar-refractivity contribution in [2.45, 2.75) is 166 Å². The van der Waals surface area contributed by atoms with E-state index in [4.69, 9.17) is 29.0 Å². The number of cyclic esters (lactones) is 1. The average Bonchev–Trinajstić information content (AvgIpc) is 3.22. The Bertz CT molecular complexity index is 1820. The molecule has 2 bridgehead atoms. The summed E-state index contributed by atoms with van der Waals surface area (Å²) >= 11 is 0. The summed E-state index contributed by atoms with van der Waals surface area (Å²) in [6.45, 7) is 3.57. The molecular weight excluding hydrogens is 896 g/mol. The molecule has 1 aromatic rings. The van der Waals surface area contributed by atoms with E-state index in [1.54, 1.807) is 0 Å². The fourth-order valence-corrected chi connectivity index (χ4v) is 9.51. The highest BCUT2D eigenvalue weighted by Gasteiger charge is 2.45. The van der Waals surface area contributed by atoms with Crippen molar-refractivity contribution < 1.29 is 81.6 Å². The first kappa shape index (κ1) is 56.4. The number of nitrogen functional groups attached to an aromatic ring is 1. The van der Waals surface area contributed by atoms with Crippen LogP contribution in [0.2, 0.25) is 0 Å². The molecule has 21 nitrogen and oxygen atoms in total. The van der Waals surface area contributed by atoms with E-state index in [1.165, 1.54) is 30.4 Å². The van der Waals surface area contributed by atoms with Crippen LogP contribution in [0.5, 0.6) is 0 Å². The number of aliphatic hydroxyl groups excluding tert-OH is 5. The van der Waals surface area contributed by atoms with Crippen LogP contribution in [0.4, 0.5) is 5.82 Å². The van der Waals surface area contributed by atoms with Crippen LogP contribution in [0, 0.1) is 17.8 Å². The van der Waals surface area contributed by atoms with Gasteiger partial charge >= 0.3 is 33.3 Å². The third kappa shape index (κ3) is 20.9. The van der Waals surface area contributed by atoms with Gasteiger partial charge in [-0.15, -0.1) is 0 Å². The smallest absolute Gasteiger partial charge is 0.462 e. The number of esters is 2. The van der Waals surface area contributed by atoms with Crippen LogP contribution in [0.25, 0.3) is 0 Å². The van der Waals surface area contributed by atoms with Crippen molar-refractivity contribution in [1.82, 2.24) is 9.55 Å². The summed E-state index contributed by atoms with van der Waals surface area (Å²) in [5.41, 5.74) is 4.71. The molecule has 0 aliphatic carbocycles. The molecule has 9 N–H and O–H groups in total. The topological polar surface area (TPSA) is 326 Å². The van der Waals surface area contributed by atoms with Crippen LogP contribution in [0.3, 0.4) is 0 Å². The second kappa shape index (κ2) is 28.4. The highest BCUT2D eigenvalue weighted by atomic mass is 31.3. The van der Waals surface area contributed by atoms with Crippen molar-refractivity contribution in [1.29, 1.82) is 0 Å². The van der Waals surface area contributed by atoms with Crippen LogP contribution in [-0.4, -0.2) is 119 Å². The molecule has 2 aliphatic rings. The number of ether oxygens (including phenoxy) is 3. The number of phosphoric ester groups is 2. The van der Waals surface area contributed by atoms with E-state index in [0.29, 0.717) is 25.2 Å². The quantitative estimate of drug-likeness (QED) is 0.0444. The standard InChI is InChI=1S/C42H71N3O18P2/c1-4-5-10-16-29(46)20-21-31-33(47)24-34(48)32-17-13-14-19-38(50)61-30(25-58-37(49)18-12-9-7-6-8-11-15-28(2)3)26-59-64(54,55)63-65(56,57)60-27-35(40(52)39(31)51)62-41(32)45-23-22-36(43)44-42(45)53/h13-14,20-23,28-35,39-41,46-48,51-52H,4-12,15-19,24-27H2,1-3H3,(H,54,55)(H,56,57)(H2,43,44,53)/b14-13-,21-20?/t29-,30-,31+,32-,33-,34+,35-,39+,40-,41-/m1/s1. The second-order valence-corrected chi connectivity index (χ2v) is 20.1. The number of phosphoric acid groups is 2. The number of anilines is 1. The number of nitrogens with two attached hydrogens (primary N) is 1. The number of unbranched alkanes of at least 4 members (excludes halogenated alkanes) is 7. The lowest BCUT2D eigenvalue weighted by molar-refractivity contribution is -0.194. The summed E-state index contributed by atoms with van der Waals surface area (Å²) in [4.78, 5) is 63.7. The first-order chi connectivity index (χ1) is 30.7. The number of allylic oxidation sites excluding steroid dienone is 1. The average molecular weight is 968 g/mol. The predicted octanol–water partition coefficient (Wildman–Crippen LogP) is 4.12. The molecule has 1 saturated heterocycles. The Morgan fingerprint density at radius 1 is 0.938 bits per heavy atom. The number of rotatable bonds is 18. The molecule has 3 heterocycles. The number of carbonyl (C=O) groups excluding carboxylic acids is 2. The third-order valence-corrected chi connectivity index (χ3v) is 13.6. The molecule has 0 amide bonds. The Morgan fingerprint density at radius 3 is 2.28 bits per heavy atom. The number of hydrogen-bond donors (Lipinski definition) is 8. The molecule has 0 aromatic carbocycles. The van der Waals surface area contributed by atoms with Gasteiger partial charge in [0, 0.05) is 30.9 Å². The van der Waals surface area contributed by atoms with Crippen molar-refractivity contribution in [3.63, 3.8) is 0 Å². The fourth-order valence-electron chi connectivity index (χ4n) is 7.40. The number of aliphatic hydroxyl groups is 5. The van der Waals surface area contributed by atoms with Crippen LogP contribution < -0.4 is 11.4 Å². The van der Waals surface area contributed by atoms with Gasteiger partial charge in [0.05, 0.1) is 44.1 Å².